The summed E-state index contributed by atoms with van der Waals surface area (Å²) in [5, 5.41) is 14.0. The van der Waals surface area contributed by atoms with Crippen molar-refractivity contribution in [3.8, 4) is 0 Å². The number of rotatable bonds is 5. The Morgan fingerprint density at radius 2 is 1.95 bits per heavy atom. The van der Waals surface area contributed by atoms with Crippen molar-refractivity contribution in [3.63, 3.8) is 0 Å². The van der Waals surface area contributed by atoms with Crippen LogP contribution in [0.25, 0.3) is 0 Å². The zero-order chi connectivity index (χ0) is 14.5. The van der Waals surface area contributed by atoms with Crippen molar-refractivity contribution in [3.05, 3.63) is 40.9 Å². The molecule has 4 nitrogen and oxygen atoms in total. The van der Waals surface area contributed by atoms with Gasteiger partial charge in [-0.1, -0.05) is 48.6 Å². The lowest BCUT2D eigenvalue weighted by Crippen LogP contribution is -2.38. The predicted octanol–water partition coefficient (Wildman–Crippen LogP) is 3.18. The van der Waals surface area contributed by atoms with E-state index >= 15 is 0 Å². The van der Waals surface area contributed by atoms with Crippen LogP contribution < -0.4 is 5.32 Å². The van der Waals surface area contributed by atoms with E-state index in [1.807, 2.05) is 0 Å². The van der Waals surface area contributed by atoms with Gasteiger partial charge in [0.25, 0.3) is 0 Å². The van der Waals surface area contributed by atoms with Gasteiger partial charge in [-0.3, -0.25) is 4.90 Å². The third-order valence-electron chi connectivity index (χ3n) is 3.93. The molecule has 2 aromatic rings. The summed E-state index contributed by atoms with van der Waals surface area (Å²) in [6.45, 7) is 5.47. The Balaban J connectivity index is 1.46. The molecule has 1 aromatic carbocycles. The Hall–Kier alpha value is -1.46. The molecule has 5 heteroatoms. The molecule has 0 bridgehead atoms. The van der Waals surface area contributed by atoms with E-state index in [2.05, 4.69) is 57.7 Å². The minimum absolute atomic E-state index is 0.537. The summed E-state index contributed by atoms with van der Waals surface area (Å²) in [5.74, 6) is 0. The van der Waals surface area contributed by atoms with E-state index in [1.54, 1.807) is 11.3 Å². The molecule has 1 aliphatic rings. The molecule has 0 spiro atoms. The van der Waals surface area contributed by atoms with Crippen LogP contribution in [-0.2, 0) is 13.0 Å². The molecule has 0 saturated carbocycles. The van der Waals surface area contributed by atoms with Crippen molar-refractivity contribution >= 4 is 16.5 Å². The Bertz CT molecular complexity index is 546. The van der Waals surface area contributed by atoms with Crippen LogP contribution in [-0.4, -0.2) is 34.2 Å². The monoisotopic (exact) mass is 302 g/mol. The quantitative estimate of drug-likeness (QED) is 0.921. The summed E-state index contributed by atoms with van der Waals surface area (Å²) in [6.07, 6.45) is 3.32. The molecule has 3 rings (SSSR count). The van der Waals surface area contributed by atoms with E-state index in [1.165, 1.54) is 18.4 Å². The number of piperidine rings is 1. The molecule has 0 unspecified atom stereocenters. The van der Waals surface area contributed by atoms with Gasteiger partial charge in [0.05, 0.1) is 0 Å². The predicted molar refractivity (Wildman–Crippen MR) is 87.7 cm³/mol. The van der Waals surface area contributed by atoms with Crippen molar-refractivity contribution < 1.29 is 0 Å². The normalized spacial score (nSPS) is 17.0. The first-order valence-corrected chi connectivity index (χ1v) is 8.50. The first-order valence-electron chi connectivity index (χ1n) is 7.68. The standard InChI is InChI=1S/C16H22N4S/c1-2-15-18-19-16(21-15)17-14-8-10-20(11-9-14)12-13-6-4-3-5-7-13/h3-7,14H,2,8-12H2,1H3,(H,17,19). The molecule has 112 valence electrons. The molecule has 0 amide bonds. The zero-order valence-corrected chi connectivity index (χ0v) is 13.3. The van der Waals surface area contributed by atoms with Crippen molar-refractivity contribution in [1.82, 2.24) is 15.1 Å². The highest BCUT2D eigenvalue weighted by molar-refractivity contribution is 7.15. The first kappa shape index (κ1) is 14.5. The molecule has 1 aromatic heterocycles. The van der Waals surface area contributed by atoms with Crippen LogP contribution in [0, 0.1) is 0 Å². The van der Waals surface area contributed by atoms with Crippen LogP contribution in [0.1, 0.15) is 30.3 Å². The van der Waals surface area contributed by atoms with Gasteiger partial charge in [-0.15, -0.1) is 10.2 Å². The van der Waals surface area contributed by atoms with Crippen LogP contribution in [0.4, 0.5) is 5.13 Å². The first-order chi connectivity index (χ1) is 10.3. The number of nitrogens with one attached hydrogen (secondary N) is 1. The van der Waals surface area contributed by atoms with Gasteiger partial charge in [-0.25, -0.2) is 0 Å². The van der Waals surface area contributed by atoms with Gasteiger partial charge in [-0.2, -0.15) is 0 Å². The minimum atomic E-state index is 0.537. The molecule has 1 aliphatic heterocycles. The molecule has 0 atom stereocenters. The Kier molecular flexibility index (Phi) is 4.83. The maximum absolute atomic E-state index is 4.21. The summed E-state index contributed by atoms with van der Waals surface area (Å²) in [6, 6.07) is 11.3. The summed E-state index contributed by atoms with van der Waals surface area (Å²) in [7, 11) is 0. The number of aryl methyl sites for hydroxylation is 1. The van der Waals surface area contributed by atoms with Gasteiger partial charge in [0.15, 0.2) is 0 Å². The molecule has 0 aliphatic carbocycles. The third-order valence-corrected chi connectivity index (χ3v) is 4.93. The summed E-state index contributed by atoms with van der Waals surface area (Å²) in [5.41, 5.74) is 1.40. The molecule has 2 heterocycles. The van der Waals surface area contributed by atoms with Gasteiger partial charge in [-0.05, 0) is 24.8 Å². The maximum atomic E-state index is 4.21. The number of anilines is 1. The van der Waals surface area contributed by atoms with Crippen LogP contribution in [0.2, 0.25) is 0 Å². The lowest BCUT2D eigenvalue weighted by Gasteiger charge is -2.32. The SMILES string of the molecule is CCc1nnc(NC2CCN(Cc3ccccc3)CC2)s1. The topological polar surface area (TPSA) is 41.1 Å². The molecule has 0 radical (unpaired) electrons. The average Bonchev–Trinajstić information content (AvgIpc) is 2.98. The molecular weight excluding hydrogens is 280 g/mol. The lowest BCUT2D eigenvalue weighted by molar-refractivity contribution is 0.211. The second-order valence-electron chi connectivity index (χ2n) is 5.53. The molecule has 1 fully saturated rings. The average molecular weight is 302 g/mol. The number of nitrogens with zero attached hydrogens (tertiary/aromatic N) is 3. The molecular formula is C16H22N4S. The number of hydrogen-bond acceptors (Lipinski definition) is 5. The minimum Gasteiger partial charge on any atom is -0.357 e. The largest absolute Gasteiger partial charge is 0.357 e. The van der Waals surface area contributed by atoms with Gasteiger partial charge < -0.3 is 5.32 Å². The lowest BCUT2D eigenvalue weighted by atomic mass is 10.0. The fourth-order valence-electron chi connectivity index (χ4n) is 2.71. The van der Waals surface area contributed by atoms with Crippen LogP contribution in [0.15, 0.2) is 30.3 Å². The third kappa shape index (κ3) is 4.02. The number of aromatic nitrogens is 2. The van der Waals surface area contributed by atoms with E-state index in [0.29, 0.717) is 6.04 Å². The van der Waals surface area contributed by atoms with E-state index in [0.717, 1.165) is 36.2 Å². The number of benzene rings is 1. The van der Waals surface area contributed by atoms with Crippen molar-refractivity contribution in [2.24, 2.45) is 0 Å². The van der Waals surface area contributed by atoms with Crippen LogP contribution in [0.3, 0.4) is 0 Å². The highest BCUT2D eigenvalue weighted by atomic mass is 32.1. The molecule has 1 N–H and O–H groups in total. The van der Waals surface area contributed by atoms with Crippen LogP contribution in [0.5, 0.6) is 0 Å². The van der Waals surface area contributed by atoms with Crippen LogP contribution >= 0.6 is 11.3 Å². The van der Waals surface area contributed by atoms with E-state index < -0.39 is 0 Å². The second kappa shape index (κ2) is 7.00. The van der Waals surface area contributed by atoms with E-state index in [4.69, 9.17) is 0 Å². The number of hydrogen-bond donors (Lipinski definition) is 1. The van der Waals surface area contributed by atoms with E-state index in [9.17, 15) is 0 Å². The number of likely N-dealkylation sites (tertiary alicyclic amines) is 1. The fourth-order valence-corrected chi connectivity index (χ4v) is 3.46. The fraction of sp³-hybridized carbons (Fsp3) is 0.500. The maximum Gasteiger partial charge on any atom is 0.205 e. The summed E-state index contributed by atoms with van der Waals surface area (Å²) >= 11 is 1.68. The van der Waals surface area contributed by atoms with Gasteiger partial charge in [0.1, 0.15) is 5.01 Å². The molecule has 1 saturated heterocycles. The van der Waals surface area contributed by atoms with Gasteiger partial charge >= 0.3 is 0 Å². The summed E-state index contributed by atoms with van der Waals surface area (Å²) in [4.78, 5) is 2.53. The Morgan fingerprint density at radius 3 is 2.62 bits per heavy atom. The Morgan fingerprint density at radius 1 is 1.19 bits per heavy atom. The Labute approximate surface area is 130 Å². The second-order valence-corrected chi connectivity index (χ2v) is 6.60. The molecule has 21 heavy (non-hydrogen) atoms. The van der Waals surface area contributed by atoms with Crippen molar-refractivity contribution in [2.75, 3.05) is 18.4 Å². The zero-order valence-electron chi connectivity index (χ0n) is 12.5. The van der Waals surface area contributed by atoms with Gasteiger partial charge in [0.2, 0.25) is 5.13 Å². The smallest absolute Gasteiger partial charge is 0.205 e. The van der Waals surface area contributed by atoms with E-state index in [-0.39, 0.29) is 0 Å². The summed E-state index contributed by atoms with van der Waals surface area (Å²) < 4.78 is 0. The van der Waals surface area contributed by atoms with Crippen molar-refractivity contribution in [2.45, 2.75) is 38.8 Å². The van der Waals surface area contributed by atoms with Gasteiger partial charge in [0, 0.05) is 25.7 Å². The van der Waals surface area contributed by atoms with Crippen molar-refractivity contribution in [1.29, 1.82) is 0 Å². The highest BCUT2D eigenvalue weighted by Gasteiger charge is 2.20. The highest BCUT2D eigenvalue weighted by Crippen LogP contribution is 2.21.